The number of hydrogen-bond donors (Lipinski definition) is 0. The third kappa shape index (κ3) is 2.70. The molecule has 7 heteroatoms. The van der Waals surface area contributed by atoms with Gasteiger partial charge in [-0.05, 0) is 13.8 Å². The molecule has 0 bridgehead atoms. The van der Waals surface area contributed by atoms with E-state index in [9.17, 15) is 0 Å². The Balaban J connectivity index is 1.96. The molecule has 3 rings (SSSR count). The zero-order valence-corrected chi connectivity index (χ0v) is 14.0. The van der Waals surface area contributed by atoms with Gasteiger partial charge in [-0.25, -0.2) is 9.97 Å². The predicted octanol–water partition coefficient (Wildman–Crippen LogP) is 2.87. The lowest BCUT2D eigenvalue weighted by atomic mass is 10.3. The van der Waals surface area contributed by atoms with Crippen molar-refractivity contribution in [1.29, 1.82) is 0 Å². The van der Waals surface area contributed by atoms with Gasteiger partial charge in [0.25, 0.3) is 0 Å². The van der Waals surface area contributed by atoms with Crippen molar-refractivity contribution in [2.75, 3.05) is 5.88 Å². The molecule has 3 heterocycles. The third-order valence-electron chi connectivity index (χ3n) is 3.55. The summed E-state index contributed by atoms with van der Waals surface area (Å²) in [6, 6.07) is 0. The maximum Gasteiger partial charge on any atom is 0.158 e. The summed E-state index contributed by atoms with van der Waals surface area (Å²) in [5.74, 6) is 1.61. The number of aromatic nitrogens is 5. The van der Waals surface area contributed by atoms with E-state index >= 15 is 0 Å². The highest BCUT2D eigenvalue weighted by molar-refractivity contribution is 7.09. The van der Waals surface area contributed by atoms with E-state index in [1.807, 2.05) is 25.6 Å². The minimum Gasteiger partial charge on any atom is -0.312 e. The van der Waals surface area contributed by atoms with Crippen molar-refractivity contribution in [1.82, 2.24) is 24.3 Å². The first-order valence-electron chi connectivity index (χ1n) is 6.96. The first kappa shape index (κ1) is 14.5. The summed E-state index contributed by atoms with van der Waals surface area (Å²) in [5.41, 5.74) is 4.15. The van der Waals surface area contributed by atoms with Crippen LogP contribution in [0, 0.1) is 13.8 Å². The Morgan fingerprint density at radius 2 is 2.05 bits per heavy atom. The van der Waals surface area contributed by atoms with Crippen LogP contribution in [0.15, 0.2) is 5.38 Å². The smallest absolute Gasteiger partial charge is 0.158 e. The number of thiazole rings is 1. The summed E-state index contributed by atoms with van der Waals surface area (Å²) >= 11 is 7.61. The standard InChI is InChI=1S/C14H18ClN5S/c1-9-13-14(19(3)18-9)20(12(17-13)4-6-15)7-5-11-8-21-10(2)16-11/h8H,4-7H2,1-3H3. The molecular formula is C14H18ClN5S. The van der Waals surface area contributed by atoms with Crippen LogP contribution in [0.25, 0.3) is 11.2 Å². The SMILES string of the molecule is Cc1nc(CCn2c(CCCl)nc3c(C)nn(C)c32)cs1. The number of halogens is 1. The molecule has 0 N–H and O–H groups in total. The molecule has 0 radical (unpaired) electrons. The zero-order valence-electron chi connectivity index (χ0n) is 12.4. The molecule has 0 spiro atoms. The lowest BCUT2D eigenvalue weighted by Crippen LogP contribution is -2.10. The van der Waals surface area contributed by atoms with Gasteiger partial charge < -0.3 is 4.57 Å². The molecule has 0 aliphatic rings. The maximum absolute atomic E-state index is 5.92. The molecule has 0 fully saturated rings. The Labute approximate surface area is 132 Å². The van der Waals surface area contributed by atoms with Crippen molar-refractivity contribution in [2.45, 2.75) is 33.2 Å². The van der Waals surface area contributed by atoms with E-state index in [1.54, 1.807) is 11.3 Å². The molecule has 0 atom stereocenters. The van der Waals surface area contributed by atoms with Crippen LogP contribution in [0.2, 0.25) is 0 Å². The lowest BCUT2D eigenvalue weighted by Gasteiger charge is -2.08. The van der Waals surface area contributed by atoms with E-state index < -0.39 is 0 Å². The first-order chi connectivity index (χ1) is 10.1. The minimum absolute atomic E-state index is 0.575. The zero-order chi connectivity index (χ0) is 15.0. The number of alkyl halides is 1. The molecule has 0 unspecified atom stereocenters. The van der Waals surface area contributed by atoms with Gasteiger partial charge in [0, 0.05) is 37.7 Å². The normalized spacial score (nSPS) is 11.6. The molecule has 0 saturated carbocycles. The molecular weight excluding hydrogens is 306 g/mol. The summed E-state index contributed by atoms with van der Waals surface area (Å²) in [6.45, 7) is 4.88. The van der Waals surface area contributed by atoms with Gasteiger partial charge >= 0.3 is 0 Å². The van der Waals surface area contributed by atoms with E-state index in [-0.39, 0.29) is 0 Å². The summed E-state index contributed by atoms with van der Waals surface area (Å²) in [7, 11) is 1.96. The summed E-state index contributed by atoms with van der Waals surface area (Å²) in [4.78, 5) is 9.25. The Bertz CT molecular complexity index is 770. The van der Waals surface area contributed by atoms with Gasteiger partial charge in [0.05, 0.1) is 16.4 Å². The van der Waals surface area contributed by atoms with Crippen LogP contribution in [0.1, 0.15) is 22.2 Å². The molecule has 112 valence electrons. The van der Waals surface area contributed by atoms with E-state index in [0.717, 1.165) is 52.8 Å². The topological polar surface area (TPSA) is 48.5 Å². The van der Waals surface area contributed by atoms with Crippen molar-refractivity contribution in [2.24, 2.45) is 7.05 Å². The molecule has 0 aliphatic heterocycles. The summed E-state index contributed by atoms with van der Waals surface area (Å²) in [6.07, 6.45) is 1.67. The van der Waals surface area contributed by atoms with Crippen molar-refractivity contribution in [3.8, 4) is 0 Å². The van der Waals surface area contributed by atoms with Crippen molar-refractivity contribution >= 4 is 34.1 Å². The average molecular weight is 324 g/mol. The minimum atomic E-state index is 0.575. The number of fused-ring (bicyclic) bond motifs is 1. The third-order valence-corrected chi connectivity index (χ3v) is 4.56. The van der Waals surface area contributed by atoms with E-state index in [2.05, 4.69) is 20.0 Å². The van der Waals surface area contributed by atoms with Crippen LogP contribution in [0.5, 0.6) is 0 Å². The number of imidazole rings is 1. The Kier molecular flexibility index (Phi) is 3.99. The Morgan fingerprint density at radius 1 is 1.24 bits per heavy atom. The average Bonchev–Trinajstić information content (AvgIpc) is 3.07. The number of hydrogen-bond acceptors (Lipinski definition) is 4. The van der Waals surface area contributed by atoms with Crippen molar-refractivity contribution in [3.05, 3.63) is 27.6 Å². The molecule has 5 nitrogen and oxygen atoms in total. The number of aryl methyl sites for hydroxylation is 6. The largest absolute Gasteiger partial charge is 0.312 e. The highest BCUT2D eigenvalue weighted by atomic mass is 35.5. The summed E-state index contributed by atoms with van der Waals surface area (Å²) < 4.78 is 4.13. The lowest BCUT2D eigenvalue weighted by molar-refractivity contribution is 0.637. The molecule has 3 aromatic heterocycles. The van der Waals surface area contributed by atoms with Crippen LogP contribution < -0.4 is 0 Å². The van der Waals surface area contributed by atoms with Crippen molar-refractivity contribution < 1.29 is 0 Å². The molecule has 3 aromatic rings. The van der Waals surface area contributed by atoms with Crippen molar-refractivity contribution in [3.63, 3.8) is 0 Å². The van der Waals surface area contributed by atoms with Gasteiger partial charge in [-0.2, -0.15) is 5.10 Å². The molecule has 21 heavy (non-hydrogen) atoms. The van der Waals surface area contributed by atoms with Crippen LogP contribution >= 0.6 is 22.9 Å². The Hall–Kier alpha value is -1.40. The van der Waals surface area contributed by atoms with Gasteiger partial charge in [0.1, 0.15) is 11.3 Å². The van der Waals surface area contributed by atoms with Gasteiger partial charge in [-0.15, -0.1) is 22.9 Å². The van der Waals surface area contributed by atoms with Crippen LogP contribution in [0.4, 0.5) is 0 Å². The van der Waals surface area contributed by atoms with Crippen LogP contribution in [-0.2, 0) is 26.4 Å². The van der Waals surface area contributed by atoms with Gasteiger partial charge in [0.2, 0.25) is 0 Å². The van der Waals surface area contributed by atoms with Crippen LogP contribution in [0.3, 0.4) is 0 Å². The first-order valence-corrected chi connectivity index (χ1v) is 8.37. The summed E-state index contributed by atoms with van der Waals surface area (Å²) in [5, 5.41) is 7.69. The van der Waals surface area contributed by atoms with E-state index in [4.69, 9.17) is 16.6 Å². The quantitative estimate of drug-likeness (QED) is 0.678. The number of rotatable bonds is 5. The Morgan fingerprint density at radius 3 is 2.71 bits per heavy atom. The van der Waals surface area contributed by atoms with Gasteiger partial charge in [-0.3, -0.25) is 4.68 Å². The monoisotopic (exact) mass is 323 g/mol. The van der Waals surface area contributed by atoms with Gasteiger partial charge in [0.15, 0.2) is 5.65 Å². The second kappa shape index (κ2) is 5.77. The van der Waals surface area contributed by atoms with E-state index in [1.165, 1.54) is 0 Å². The molecule has 0 saturated heterocycles. The van der Waals surface area contributed by atoms with Gasteiger partial charge in [-0.1, -0.05) is 0 Å². The molecule has 0 aromatic carbocycles. The fourth-order valence-corrected chi connectivity index (χ4v) is 3.46. The second-order valence-corrected chi connectivity index (χ2v) is 6.55. The fraction of sp³-hybridized carbons (Fsp3) is 0.500. The molecule has 0 amide bonds. The fourth-order valence-electron chi connectivity index (χ4n) is 2.64. The number of nitrogens with zero attached hydrogens (tertiary/aromatic N) is 5. The van der Waals surface area contributed by atoms with E-state index in [0.29, 0.717) is 5.88 Å². The second-order valence-electron chi connectivity index (χ2n) is 5.11. The highest BCUT2D eigenvalue weighted by Gasteiger charge is 2.17. The predicted molar refractivity (Wildman–Crippen MR) is 86.2 cm³/mol. The molecule has 0 aliphatic carbocycles. The van der Waals surface area contributed by atoms with Crippen LogP contribution in [-0.4, -0.2) is 30.2 Å². The highest BCUT2D eigenvalue weighted by Crippen LogP contribution is 2.20. The maximum atomic E-state index is 5.92.